The van der Waals surface area contributed by atoms with Gasteiger partial charge in [-0.25, -0.2) is 4.39 Å². The predicted molar refractivity (Wildman–Crippen MR) is 81.6 cm³/mol. The monoisotopic (exact) mass is 373 g/mol. The van der Waals surface area contributed by atoms with Crippen LogP contribution >= 0.6 is 27.5 Å². The fourth-order valence-corrected chi connectivity index (χ4v) is 2.61. The number of nitrogens with zero attached hydrogens (tertiary/aromatic N) is 1. The van der Waals surface area contributed by atoms with E-state index in [4.69, 9.17) is 16.3 Å². The maximum absolute atomic E-state index is 13.2. The Morgan fingerprint density at radius 2 is 2.10 bits per heavy atom. The summed E-state index contributed by atoms with van der Waals surface area (Å²) < 4.78 is 19.4. The number of benzene rings is 2. The molecule has 0 aliphatic carbocycles. The maximum Gasteiger partial charge on any atom is 0.312 e. The molecule has 21 heavy (non-hydrogen) atoms. The van der Waals surface area contributed by atoms with Gasteiger partial charge in [0.2, 0.25) is 5.75 Å². The molecule has 0 saturated heterocycles. The lowest BCUT2D eigenvalue weighted by Gasteiger charge is -2.12. The lowest BCUT2D eigenvalue weighted by molar-refractivity contribution is -0.385. The van der Waals surface area contributed by atoms with E-state index in [1.165, 1.54) is 24.3 Å². The van der Waals surface area contributed by atoms with Crippen LogP contribution in [0.2, 0.25) is 0 Å². The van der Waals surface area contributed by atoms with Crippen LogP contribution in [-0.2, 0) is 5.88 Å². The molecule has 0 N–H and O–H groups in total. The molecule has 0 radical (unpaired) electrons. The molecule has 0 amide bonds. The number of nitro benzene ring substituents is 1. The smallest absolute Gasteiger partial charge is 0.312 e. The highest BCUT2D eigenvalue weighted by molar-refractivity contribution is 9.10. The molecular weight excluding hydrogens is 365 g/mol. The highest BCUT2D eigenvalue weighted by Gasteiger charge is 2.20. The van der Waals surface area contributed by atoms with E-state index in [-0.39, 0.29) is 17.3 Å². The van der Waals surface area contributed by atoms with E-state index in [0.29, 0.717) is 21.3 Å². The van der Waals surface area contributed by atoms with E-state index in [1.807, 2.05) is 0 Å². The van der Waals surface area contributed by atoms with Gasteiger partial charge in [-0.05, 0) is 36.8 Å². The highest BCUT2D eigenvalue weighted by atomic mass is 79.9. The maximum atomic E-state index is 13.2. The molecule has 0 aliphatic rings. The normalized spacial score (nSPS) is 10.5. The molecule has 0 unspecified atom stereocenters. The molecule has 0 aliphatic heterocycles. The van der Waals surface area contributed by atoms with Gasteiger partial charge in [-0.15, -0.1) is 11.6 Å². The third-order valence-electron chi connectivity index (χ3n) is 2.80. The van der Waals surface area contributed by atoms with Crippen LogP contribution in [0.25, 0.3) is 0 Å². The number of rotatable bonds is 4. The van der Waals surface area contributed by atoms with Crippen LogP contribution < -0.4 is 4.74 Å². The van der Waals surface area contributed by atoms with Crippen molar-refractivity contribution in [1.29, 1.82) is 0 Å². The fourth-order valence-electron chi connectivity index (χ4n) is 1.84. The standard InChI is InChI=1S/C14H10BrClFNO3/c1-8-4-10(15)6-12(18(19)20)14(8)21-13-3-2-11(17)5-9(13)7-16/h2-6H,7H2,1H3. The Bertz CT molecular complexity index is 709. The van der Waals surface area contributed by atoms with Crippen molar-refractivity contribution in [3.8, 4) is 11.5 Å². The van der Waals surface area contributed by atoms with Crippen molar-refractivity contribution < 1.29 is 14.1 Å². The molecule has 2 aromatic carbocycles. The summed E-state index contributed by atoms with van der Waals surface area (Å²) in [4.78, 5) is 10.6. The first-order valence-corrected chi connectivity index (χ1v) is 7.22. The van der Waals surface area contributed by atoms with Crippen LogP contribution in [0.1, 0.15) is 11.1 Å². The van der Waals surface area contributed by atoms with Crippen molar-refractivity contribution in [2.45, 2.75) is 12.8 Å². The Hall–Kier alpha value is -1.66. The number of ether oxygens (including phenoxy) is 1. The van der Waals surface area contributed by atoms with E-state index in [9.17, 15) is 14.5 Å². The second-order valence-electron chi connectivity index (χ2n) is 4.32. The summed E-state index contributed by atoms with van der Waals surface area (Å²) in [7, 11) is 0. The third kappa shape index (κ3) is 3.51. The van der Waals surface area contributed by atoms with Gasteiger partial charge in [0.05, 0.1) is 10.8 Å². The lowest BCUT2D eigenvalue weighted by Crippen LogP contribution is -1.98. The van der Waals surface area contributed by atoms with Gasteiger partial charge >= 0.3 is 5.69 Å². The van der Waals surface area contributed by atoms with Crippen molar-refractivity contribution in [2.24, 2.45) is 0 Å². The van der Waals surface area contributed by atoms with Crippen LogP contribution in [-0.4, -0.2) is 4.92 Å². The van der Waals surface area contributed by atoms with Gasteiger partial charge in [-0.2, -0.15) is 0 Å². The minimum Gasteiger partial charge on any atom is -0.450 e. The zero-order chi connectivity index (χ0) is 15.6. The largest absolute Gasteiger partial charge is 0.450 e. The molecule has 0 aromatic heterocycles. The Labute approximate surface area is 133 Å². The Kier molecular flexibility index (Phi) is 4.80. The summed E-state index contributed by atoms with van der Waals surface area (Å²) in [6.07, 6.45) is 0. The predicted octanol–water partition coefficient (Wildman–Crippen LogP) is 5.34. The summed E-state index contributed by atoms with van der Waals surface area (Å²) in [5, 5.41) is 11.1. The van der Waals surface area contributed by atoms with Crippen LogP contribution in [0.15, 0.2) is 34.8 Å². The molecule has 110 valence electrons. The molecule has 0 heterocycles. The average molecular weight is 375 g/mol. The van der Waals surface area contributed by atoms with E-state index >= 15 is 0 Å². The van der Waals surface area contributed by atoms with Gasteiger partial charge in [0.15, 0.2) is 0 Å². The van der Waals surface area contributed by atoms with E-state index in [0.717, 1.165) is 0 Å². The minimum absolute atomic E-state index is 0.0382. The van der Waals surface area contributed by atoms with Crippen LogP contribution in [0.5, 0.6) is 11.5 Å². The first-order valence-electron chi connectivity index (χ1n) is 5.89. The third-order valence-corrected chi connectivity index (χ3v) is 3.54. The molecular formula is C14H10BrClFNO3. The number of aryl methyl sites for hydroxylation is 1. The van der Waals surface area contributed by atoms with Crippen LogP contribution in [0.3, 0.4) is 0 Å². The Balaban J connectivity index is 2.51. The fraction of sp³-hybridized carbons (Fsp3) is 0.143. The number of nitro groups is 1. The first kappa shape index (κ1) is 15.7. The number of halogens is 3. The van der Waals surface area contributed by atoms with Gasteiger partial charge in [-0.3, -0.25) is 10.1 Å². The summed E-state index contributed by atoms with van der Waals surface area (Å²) >= 11 is 8.96. The van der Waals surface area contributed by atoms with Crippen molar-refractivity contribution in [2.75, 3.05) is 0 Å². The lowest BCUT2D eigenvalue weighted by atomic mass is 10.2. The molecule has 2 rings (SSSR count). The molecule has 0 spiro atoms. The van der Waals surface area contributed by atoms with Crippen molar-refractivity contribution in [3.63, 3.8) is 0 Å². The molecule has 0 bridgehead atoms. The number of hydrogen-bond acceptors (Lipinski definition) is 3. The van der Waals surface area contributed by atoms with Gasteiger partial charge < -0.3 is 4.74 Å². The van der Waals surface area contributed by atoms with Crippen LogP contribution in [0, 0.1) is 22.9 Å². The SMILES string of the molecule is Cc1cc(Br)cc([N+](=O)[O-])c1Oc1ccc(F)cc1CCl. The highest BCUT2D eigenvalue weighted by Crippen LogP contribution is 2.38. The van der Waals surface area contributed by atoms with E-state index < -0.39 is 10.7 Å². The molecule has 0 atom stereocenters. The zero-order valence-electron chi connectivity index (χ0n) is 10.9. The van der Waals surface area contributed by atoms with Crippen molar-refractivity contribution in [3.05, 3.63) is 61.9 Å². The second kappa shape index (κ2) is 6.41. The number of alkyl halides is 1. The molecule has 4 nitrogen and oxygen atoms in total. The second-order valence-corrected chi connectivity index (χ2v) is 5.50. The van der Waals surface area contributed by atoms with Crippen molar-refractivity contribution >= 4 is 33.2 Å². The molecule has 0 fully saturated rings. The first-order chi connectivity index (χ1) is 9.92. The summed E-state index contributed by atoms with van der Waals surface area (Å²) in [5.74, 6) is -0.00246. The van der Waals surface area contributed by atoms with Gasteiger partial charge in [0.25, 0.3) is 0 Å². The average Bonchev–Trinajstić information content (AvgIpc) is 2.42. The van der Waals surface area contributed by atoms with Gasteiger partial charge in [-0.1, -0.05) is 15.9 Å². The van der Waals surface area contributed by atoms with Gasteiger partial charge in [0, 0.05) is 16.1 Å². The van der Waals surface area contributed by atoms with E-state index in [2.05, 4.69) is 15.9 Å². The van der Waals surface area contributed by atoms with Gasteiger partial charge in [0.1, 0.15) is 11.6 Å². The quantitative estimate of drug-likeness (QED) is 0.412. The summed E-state index contributed by atoms with van der Waals surface area (Å²) in [5.41, 5.74) is 0.834. The Morgan fingerprint density at radius 1 is 1.38 bits per heavy atom. The molecule has 0 saturated carbocycles. The van der Waals surface area contributed by atoms with Crippen molar-refractivity contribution in [1.82, 2.24) is 0 Å². The summed E-state index contributed by atoms with van der Waals surface area (Å²) in [6, 6.07) is 6.91. The minimum atomic E-state index is -0.531. The topological polar surface area (TPSA) is 52.4 Å². The Morgan fingerprint density at radius 3 is 2.71 bits per heavy atom. The summed E-state index contributed by atoms with van der Waals surface area (Å²) in [6.45, 7) is 1.69. The molecule has 2 aromatic rings. The molecule has 7 heteroatoms. The number of hydrogen-bond donors (Lipinski definition) is 0. The zero-order valence-corrected chi connectivity index (χ0v) is 13.2. The van der Waals surface area contributed by atoms with E-state index in [1.54, 1.807) is 13.0 Å². The van der Waals surface area contributed by atoms with Crippen LogP contribution in [0.4, 0.5) is 10.1 Å².